The van der Waals surface area contributed by atoms with Crippen LogP contribution in [0, 0.1) is 0 Å². The lowest BCUT2D eigenvalue weighted by molar-refractivity contribution is 0.0827. The number of amides is 1. The highest BCUT2D eigenvalue weighted by atomic mass is 127. The summed E-state index contributed by atoms with van der Waals surface area (Å²) in [5, 5.41) is 6.66. The van der Waals surface area contributed by atoms with Crippen molar-refractivity contribution in [3.8, 4) is 0 Å². The van der Waals surface area contributed by atoms with E-state index in [1.807, 2.05) is 30.5 Å². The number of anilines is 1. The number of guanidine groups is 1. The number of halogens is 1. The molecule has 0 atom stereocenters. The normalized spacial score (nSPS) is 13.5. The predicted molar refractivity (Wildman–Crippen MR) is 137 cm³/mol. The summed E-state index contributed by atoms with van der Waals surface area (Å²) in [4.78, 5) is 24.9. The maximum Gasteiger partial charge on any atom is 0.253 e. The van der Waals surface area contributed by atoms with Crippen molar-refractivity contribution in [1.82, 2.24) is 20.5 Å². The topological polar surface area (TPSA) is 72.9 Å². The molecule has 31 heavy (non-hydrogen) atoms. The van der Waals surface area contributed by atoms with Crippen LogP contribution in [0.1, 0.15) is 34.3 Å². The second-order valence-corrected chi connectivity index (χ2v) is 7.72. The molecule has 2 N–H and O–H groups in total. The van der Waals surface area contributed by atoms with Crippen LogP contribution in [-0.2, 0) is 13.0 Å². The molecule has 1 amide bonds. The van der Waals surface area contributed by atoms with Gasteiger partial charge in [0.2, 0.25) is 0 Å². The van der Waals surface area contributed by atoms with E-state index in [2.05, 4.69) is 37.6 Å². The number of aliphatic imine (C=N–C) groups is 1. The third kappa shape index (κ3) is 7.37. The van der Waals surface area contributed by atoms with Gasteiger partial charge in [-0.1, -0.05) is 18.2 Å². The van der Waals surface area contributed by atoms with Gasteiger partial charge in [0, 0.05) is 59.1 Å². The van der Waals surface area contributed by atoms with E-state index in [9.17, 15) is 4.79 Å². The Morgan fingerprint density at radius 1 is 1.13 bits per heavy atom. The fourth-order valence-electron chi connectivity index (χ4n) is 3.50. The SMILES string of the molecule is CN=C(NCCc1cccc(C(=O)N(C)C)c1)NCc1ccc(N2CCCC2)nc1.I. The lowest BCUT2D eigenvalue weighted by atomic mass is 10.1. The van der Waals surface area contributed by atoms with Gasteiger partial charge in [-0.05, 0) is 48.6 Å². The molecule has 1 saturated heterocycles. The van der Waals surface area contributed by atoms with Crippen LogP contribution in [-0.4, -0.2) is 62.5 Å². The molecular weight excluding hydrogens is 503 g/mol. The molecule has 1 aromatic carbocycles. The summed E-state index contributed by atoms with van der Waals surface area (Å²) in [5.41, 5.74) is 2.95. The van der Waals surface area contributed by atoms with E-state index in [4.69, 9.17) is 0 Å². The molecule has 1 aromatic heterocycles. The molecule has 2 aromatic rings. The first-order valence-corrected chi connectivity index (χ1v) is 10.5. The standard InChI is InChI=1S/C23H32N6O.HI/c1-24-23(25-12-11-18-7-6-8-20(15-18)22(30)28(2)3)27-17-19-9-10-21(26-16-19)29-13-4-5-14-29;/h6-10,15-16H,4-5,11-14,17H2,1-3H3,(H2,24,25,27);1H. The van der Waals surface area contributed by atoms with Gasteiger partial charge in [0.15, 0.2) is 5.96 Å². The zero-order chi connectivity index (χ0) is 21.3. The van der Waals surface area contributed by atoms with Gasteiger partial charge >= 0.3 is 0 Å². The number of hydrogen-bond acceptors (Lipinski definition) is 4. The minimum atomic E-state index is 0. The molecule has 1 aliphatic rings. The van der Waals surface area contributed by atoms with Gasteiger partial charge in [-0.25, -0.2) is 4.98 Å². The summed E-state index contributed by atoms with van der Waals surface area (Å²) in [5.74, 6) is 1.83. The Hall–Kier alpha value is -2.36. The van der Waals surface area contributed by atoms with Crippen LogP contribution in [0.15, 0.2) is 47.6 Å². The Labute approximate surface area is 202 Å². The molecule has 8 heteroatoms. The molecule has 1 aliphatic heterocycles. The molecule has 7 nitrogen and oxygen atoms in total. The first kappa shape index (κ1) is 24.9. The number of rotatable bonds is 7. The van der Waals surface area contributed by atoms with E-state index in [0.717, 1.165) is 49.0 Å². The van der Waals surface area contributed by atoms with Crippen LogP contribution in [0.25, 0.3) is 0 Å². The molecule has 0 radical (unpaired) electrons. The zero-order valence-electron chi connectivity index (χ0n) is 18.6. The quantitative estimate of drug-likeness (QED) is 0.324. The molecule has 0 aliphatic carbocycles. The molecule has 0 bridgehead atoms. The summed E-state index contributed by atoms with van der Waals surface area (Å²) in [6.45, 7) is 3.60. The van der Waals surface area contributed by atoms with E-state index < -0.39 is 0 Å². The van der Waals surface area contributed by atoms with Crippen LogP contribution in [0.3, 0.4) is 0 Å². The highest BCUT2D eigenvalue weighted by molar-refractivity contribution is 14.0. The molecular formula is C23H33IN6O. The summed E-state index contributed by atoms with van der Waals surface area (Å²) < 4.78 is 0. The van der Waals surface area contributed by atoms with Gasteiger partial charge in [0.1, 0.15) is 5.82 Å². The van der Waals surface area contributed by atoms with Gasteiger partial charge in [-0.15, -0.1) is 24.0 Å². The van der Waals surface area contributed by atoms with Gasteiger partial charge in [-0.2, -0.15) is 0 Å². The van der Waals surface area contributed by atoms with Gasteiger partial charge in [-0.3, -0.25) is 9.79 Å². The molecule has 168 valence electrons. The number of nitrogens with one attached hydrogen (secondary N) is 2. The smallest absolute Gasteiger partial charge is 0.253 e. The number of carbonyl (C=O) groups excluding carboxylic acids is 1. The Balaban J connectivity index is 0.00000341. The number of hydrogen-bond donors (Lipinski definition) is 2. The number of aromatic nitrogens is 1. The fraction of sp³-hybridized carbons (Fsp3) is 0.435. The number of benzene rings is 1. The Bertz CT molecular complexity index is 863. The number of pyridine rings is 1. The monoisotopic (exact) mass is 536 g/mol. The van der Waals surface area contributed by atoms with E-state index in [1.54, 1.807) is 26.0 Å². The first-order chi connectivity index (χ1) is 14.6. The predicted octanol–water partition coefficient (Wildman–Crippen LogP) is 2.91. The number of carbonyl (C=O) groups is 1. The molecule has 3 rings (SSSR count). The third-order valence-electron chi connectivity index (χ3n) is 5.21. The van der Waals surface area contributed by atoms with Crippen LogP contribution in [0.5, 0.6) is 0 Å². The third-order valence-corrected chi connectivity index (χ3v) is 5.21. The van der Waals surface area contributed by atoms with E-state index in [-0.39, 0.29) is 29.9 Å². The largest absolute Gasteiger partial charge is 0.357 e. The fourth-order valence-corrected chi connectivity index (χ4v) is 3.50. The Morgan fingerprint density at radius 3 is 2.55 bits per heavy atom. The van der Waals surface area contributed by atoms with Crippen molar-refractivity contribution >= 4 is 41.7 Å². The van der Waals surface area contributed by atoms with Crippen LogP contribution in [0.4, 0.5) is 5.82 Å². The Kier molecular flexibility index (Phi) is 10.0. The minimum Gasteiger partial charge on any atom is -0.357 e. The van der Waals surface area contributed by atoms with E-state index >= 15 is 0 Å². The van der Waals surface area contributed by atoms with Gasteiger partial charge in [0.25, 0.3) is 5.91 Å². The maximum atomic E-state index is 12.1. The van der Waals surface area contributed by atoms with Crippen molar-refractivity contribution in [3.05, 3.63) is 59.3 Å². The molecule has 0 spiro atoms. The van der Waals surface area contributed by atoms with Crippen molar-refractivity contribution in [2.75, 3.05) is 45.7 Å². The van der Waals surface area contributed by atoms with Crippen LogP contribution >= 0.6 is 24.0 Å². The average Bonchev–Trinajstić information content (AvgIpc) is 3.31. The molecule has 0 unspecified atom stereocenters. The highest BCUT2D eigenvalue weighted by Gasteiger charge is 2.13. The Morgan fingerprint density at radius 2 is 1.90 bits per heavy atom. The summed E-state index contributed by atoms with van der Waals surface area (Å²) >= 11 is 0. The van der Waals surface area contributed by atoms with Gasteiger partial charge in [0.05, 0.1) is 0 Å². The van der Waals surface area contributed by atoms with Gasteiger partial charge < -0.3 is 20.4 Å². The number of nitrogens with zero attached hydrogens (tertiary/aromatic N) is 4. The summed E-state index contributed by atoms with van der Waals surface area (Å²) in [6, 6.07) is 12.0. The minimum absolute atomic E-state index is 0. The molecule has 1 fully saturated rings. The molecule has 0 saturated carbocycles. The van der Waals surface area contributed by atoms with Crippen molar-refractivity contribution in [3.63, 3.8) is 0 Å². The zero-order valence-corrected chi connectivity index (χ0v) is 20.9. The first-order valence-electron chi connectivity index (χ1n) is 10.5. The second kappa shape index (κ2) is 12.5. The van der Waals surface area contributed by atoms with Crippen molar-refractivity contribution in [2.24, 2.45) is 4.99 Å². The van der Waals surface area contributed by atoms with E-state index in [1.165, 1.54) is 12.8 Å². The average molecular weight is 536 g/mol. The van der Waals surface area contributed by atoms with Crippen LogP contribution < -0.4 is 15.5 Å². The van der Waals surface area contributed by atoms with Crippen LogP contribution in [0.2, 0.25) is 0 Å². The summed E-state index contributed by atoms with van der Waals surface area (Å²) in [7, 11) is 5.30. The molecule has 2 heterocycles. The summed E-state index contributed by atoms with van der Waals surface area (Å²) in [6.07, 6.45) is 5.25. The van der Waals surface area contributed by atoms with Crippen molar-refractivity contribution < 1.29 is 4.79 Å². The maximum absolute atomic E-state index is 12.1. The van der Waals surface area contributed by atoms with Crippen molar-refractivity contribution in [1.29, 1.82) is 0 Å². The lowest BCUT2D eigenvalue weighted by Gasteiger charge is -2.16. The van der Waals surface area contributed by atoms with Crippen molar-refractivity contribution in [2.45, 2.75) is 25.8 Å². The second-order valence-electron chi connectivity index (χ2n) is 7.72. The van der Waals surface area contributed by atoms with E-state index in [0.29, 0.717) is 12.1 Å². The highest BCUT2D eigenvalue weighted by Crippen LogP contribution is 2.17. The lowest BCUT2D eigenvalue weighted by Crippen LogP contribution is -2.37.